The number of aromatic nitrogens is 2. The number of carbonyl (C=O) groups is 1. The molecule has 1 fully saturated rings. The number of carboxylic acid groups (broad SMARTS) is 1. The Kier molecular flexibility index (Phi) is 2.70. The molecule has 0 amide bonds. The molecule has 1 saturated carbocycles. The first-order valence-electron chi connectivity index (χ1n) is 5.12. The van der Waals surface area contributed by atoms with Gasteiger partial charge in [0.05, 0.1) is 12.2 Å². The zero-order valence-electron chi connectivity index (χ0n) is 8.32. The van der Waals surface area contributed by atoms with E-state index in [9.17, 15) is 9.18 Å². The number of carboxylic acids is 1. The monoisotopic (exact) mass is 212 g/mol. The van der Waals surface area contributed by atoms with Crippen molar-refractivity contribution in [3.63, 3.8) is 0 Å². The molecule has 0 aliphatic heterocycles. The van der Waals surface area contributed by atoms with Gasteiger partial charge in [-0.1, -0.05) is 0 Å². The topological polar surface area (TPSA) is 55.1 Å². The fourth-order valence-corrected chi connectivity index (χ4v) is 1.68. The van der Waals surface area contributed by atoms with Crippen LogP contribution in [0.2, 0.25) is 0 Å². The van der Waals surface area contributed by atoms with Crippen LogP contribution in [0.3, 0.4) is 0 Å². The van der Waals surface area contributed by atoms with E-state index in [1.54, 1.807) is 0 Å². The summed E-state index contributed by atoms with van der Waals surface area (Å²) >= 11 is 0. The van der Waals surface area contributed by atoms with E-state index in [2.05, 4.69) is 5.10 Å². The molecule has 1 aliphatic rings. The third kappa shape index (κ3) is 2.00. The lowest BCUT2D eigenvalue weighted by Gasteiger charge is -2.25. The summed E-state index contributed by atoms with van der Waals surface area (Å²) in [4.78, 5) is 10.3. The molecule has 1 aromatic heterocycles. The molecule has 5 heteroatoms. The second kappa shape index (κ2) is 4.00. The highest BCUT2D eigenvalue weighted by atomic mass is 19.1. The van der Waals surface area contributed by atoms with E-state index < -0.39 is 5.97 Å². The summed E-state index contributed by atoms with van der Waals surface area (Å²) in [7, 11) is 0. The minimum Gasteiger partial charge on any atom is -0.481 e. The summed E-state index contributed by atoms with van der Waals surface area (Å²) in [6, 6.07) is 0.184. The molecule has 0 unspecified atom stereocenters. The molecule has 1 aromatic rings. The van der Waals surface area contributed by atoms with Gasteiger partial charge in [0.2, 0.25) is 5.95 Å². The normalized spacial score (nSPS) is 16.3. The Morgan fingerprint density at radius 3 is 2.93 bits per heavy atom. The first-order chi connectivity index (χ1) is 7.18. The molecule has 15 heavy (non-hydrogen) atoms. The highest BCUT2D eigenvalue weighted by molar-refractivity contribution is 5.67. The predicted octanol–water partition coefficient (Wildman–Crippen LogP) is 1.76. The van der Waals surface area contributed by atoms with E-state index in [0.717, 1.165) is 19.3 Å². The van der Waals surface area contributed by atoms with Gasteiger partial charge in [0.25, 0.3) is 0 Å². The molecule has 0 radical (unpaired) electrons. The molecule has 82 valence electrons. The number of halogens is 1. The van der Waals surface area contributed by atoms with Crippen LogP contribution in [0.5, 0.6) is 0 Å². The lowest BCUT2D eigenvalue weighted by Crippen LogP contribution is -2.19. The summed E-state index contributed by atoms with van der Waals surface area (Å²) in [5.41, 5.74) is 0.407. The minimum atomic E-state index is -0.911. The third-order valence-electron chi connectivity index (χ3n) is 2.83. The largest absolute Gasteiger partial charge is 0.481 e. The van der Waals surface area contributed by atoms with Crippen LogP contribution in [0, 0.1) is 5.95 Å². The molecule has 0 aromatic carbocycles. The van der Waals surface area contributed by atoms with E-state index >= 15 is 0 Å². The Labute approximate surface area is 86.7 Å². The molecular formula is C10H13FN2O2. The molecular weight excluding hydrogens is 199 g/mol. The van der Waals surface area contributed by atoms with Gasteiger partial charge in [-0.25, -0.2) is 4.68 Å². The number of hydrogen-bond donors (Lipinski definition) is 1. The van der Waals surface area contributed by atoms with Crippen LogP contribution in [-0.4, -0.2) is 20.9 Å². The smallest absolute Gasteiger partial charge is 0.303 e. The molecule has 0 atom stereocenters. The maximum absolute atomic E-state index is 13.7. The van der Waals surface area contributed by atoms with E-state index in [-0.39, 0.29) is 24.8 Å². The van der Waals surface area contributed by atoms with Gasteiger partial charge >= 0.3 is 5.97 Å². The van der Waals surface area contributed by atoms with Crippen LogP contribution in [0.4, 0.5) is 4.39 Å². The molecule has 4 nitrogen and oxygen atoms in total. The van der Waals surface area contributed by atoms with E-state index in [1.165, 1.54) is 10.9 Å². The van der Waals surface area contributed by atoms with Crippen LogP contribution in [0.25, 0.3) is 0 Å². The Hall–Kier alpha value is -1.39. The van der Waals surface area contributed by atoms with Gasteiger partial charge in [-0.15, -0.1) is 0 Å². The lowest BCUT2D eigenvalue weighted by atomic mass is 9.93. The van der Waals surface area contributed by atoms with Crippen molar-refractivity contribution in [3.8, 4) is 0 Å². The van der Waals surface area contributed by atoms with E-state index in [1.807, 2.05) is 0 Å². The molecule has 0 spiro atoms. The van der Waals surface area contributed by atoms with Crippen molar-refractivity contribution in [1.29, 1.82) is 0 Å². The summed E-state index contributed by atoms with van der Waals surface area (Å²) in [6.07, 6.45) is 4.67. The molecule has 0 saturated heterocycles. The zero-order valence-corrected chi connectivity index (χ0v) is 8.32. The first kappa shape index (κ1) is 10.1. The van der Waals surface area contributed by atoms with Crippen molar-refractivity contribution in [1.82, 2.24) is 9.78 Å². The van der Waals surface area contributed by atoms with E-state index in [0.29, 0.717) is 5.56 Å². The zero-order chi connectivity index (χ0) is 10.8. The molecule has 1 N–H and O–H groups in total. The number of aliphatic carboxylic acids is 1. The summed E-state index contributed by atoms with van der Waals surface area (Å²) in [5.74, 6) is -1.27. The fourth-order valence-electron chi connectivity index (χ4n) is 1.68. The van der Waals surface area contributed by atoms with Crippen LogP contribution in [-0.2, 0) is 11.2 Å². The molecule has 1 heterocycles. The Balaban J connectivity index is 2.05. The Morgan fingerprint density at radius 2 is 2.40 bits per heavy atom. The molecule has 2 rings (SSSR count). The van der Waals surface area contributed by atoms with Crippen molar-refractivity contribution < 1.29 is 14.3 Å². The standard InChI is InChI=1S/C10H13FN2O2/c11-10-7(4-5-9(14)15)6-12-13(10)8-2-1-3-8/h6,8H,1-5H2,(H,14,15). The molecule has 1 aliphatic carbocycles. The Bertz CT molecular complexity index is 371. The van der Waals surface area contributed by atoms with Crippen molar-refractivity contribution in [2.45, 2.75) is 38.1 Å². The fraction of sp³-hybridized carbons (Fsp3) is 0.600. The quantitative estimate of drug-likeness (QED) is 0.827. The summed E-state index contributed by atoms with van der Waals surface area (Å²) in [6.45, 7) is 0. The maximum atomic E-state index is 13.7. The SMILES string of the molecule is O=C(O)CCc1cnn(C2CCC2)c1F. The highest BCUT2D eigenvalue weighted by Crippen LogP contribution is 2.32. The molecule has 0 bridgehead atoms. The van der Waals surface area contributed by atoms with E-state index in [4.69, 9.17) is 5.11 Å². The highest BCUT2D eigenvalue weighted by Gasteiger charge is 2.24. The maximum Gasteiger partial charge on any atom is 0.303 e. The number of hydrogen-bond acceptors (Lipinski definition) is 2. The first-order valence-corrected chi connectivity index (χ1v) is 5.12. The van der Waals surface area contributed by atoms with Crippen molar-refractivity contribution in [3.05, 3.63) is 17.7 Å². The second-order valence-electron chi connectivity index (χ2n) is 3.88. The van der Waals surface area contributed by atoms with Crippen LogP contribution >= 0.6 is 0 Å². The van der Waals surface area contributed by atoms with Gasteiger partial charge in [-0.2, -0.15) is 9.49 Å². The number of nitrogens with zero attached hydrogens (tertiary/aromatic N) is 2. The summed E-state index contributed by atoms with van der Waals surface area (Å²) < 4.78 is 15.1. The van der Waals surface area contributed by atoms with Crippen molar-refractivity contribution in [2.24, 2.45) is 0 Å². The van der Waals surface area contributed by atoms with Gasteiger partial charge in [0.15, 0.2) is 0 Å². The minimum absolute atomic E-state index is 0.0483. The van der Waals surface area contributed by atoms with Crippen LogP contribution in [0.15, 0.2) is 6.20 Å². The second-order valence-corrected chi connectivity index (χ2v) is 3.88. The summed E-state index contributed by atoms with van der Waals surface area (Å²) in [5, 5.41) is 12.5. The van der Waals surface area contributed by atoms with Crippen molar-refractivity contribution in [2.75, 3.05) is 0 Å². The van der Waals surface area contributed by atoms with Crippen LogP contribution in [0.1, 0.15) is 37.3 Å². The van der Waals surface area contributed by atoms with Crippen LogP contribution < -0.4 is 0 Å². The van der Waals surface area contributed by atoms with Gasteiger partial charge in [0, 0.05) is 12.0 Å². The lowest BCUT2D eigenvalue weighted by molar-refractivity contribution is -0.136. The van der Waals surface area contributed by atoms with Gasteiger partial charge in [-0.3, -0.25) is 4.79 Å². The number of aryl methyl sites for hydroxylation is 1. The van der Waals surface area contributed by atoms with Crippen molar-refractivity contribution >= 4 is 5.97 Å². The average molecular weight is 212 g/mol. The predicted molar refractivity (Wildman–Crippen MR) is 51.0 cm³/mol. The van der Waals surface area contributed by atoms with Gasteiger partial charge in [-0.05, 0) is 25.7 Å². The van der Waals surface area contributed by atoms with Gasteiger partial charge < -0.3 is 5.11 Å². The van der Waals surface area contributed by atoms with Gasteiger partial charge in [0.1, 0.15) is 0 Å². The third-order valence-corrected chi connectivity index (χ3v) is 2.83. The Morgan fingerprint density at radius 1 is 1.67 bits per heavy atom. The number of rotatable bonds is 4. The average Bonchev–Trinajstić information content (AvgIpc) is 2.43.